The van der Waals surface area contributed by atoms with E-state index >= 15 is 0 Å². The lowest BCUT2D eigenvalue weighted by Gasteiger charge is -2.05. The first-order valence-electron chi connectivity index (χ1n) is 10.6. The number of hydrogen-bond acceptors (Lipinski definition) is 9. The van der Waals surface area contributed by atoms with Crippen molar-refractivity contribution in [2.24, 2.45) is 0 Å². The van der Waals surface area contributed by atoms with E-state index < -0.39 is 0 Å². The van der Waals surface area contributed by atoms with Crippen molar-refractivity contribution in [1.29, 1.82) is 0 Å². The number of Topliss-reactive ketones (excluding diaryl/α,β-unsaturated/α-hetero) is 1. The molecule has 0 aliphatic carbocycles. The second kappa shape index (κ2) is 10.9. The largest absolute Gasteiger partial charge is 0.497 e. The van der Waals surface area contributed by atoms with Crippen LogP contribution in [0.25, 0.3) is 23.0 Å². The molecule has 0 saturated heterocycles. The molecule has 0 spiro atoms. The second-order valence-electron chi connectivity index (χ2n) is 7.46. The van der Waals surface area contributed by atoms with E-state index in [1.165, 1.54) is 18.7 Å². The van der Waals surface area contributed by atoms with Crippen molar-refractivity contribution in [2.45, 2.75) is 12.7 Å². The van der Waals surface area contributed by atoms with Gasteiger partial charge in [-0.3, -0.25) is 9.59 Å². The Morgan fingerprint density at radius 3 is 2.37 bits per heavy atom. The molecular weight excluding hydrogens is 470 g/mol. The fourth-order valence-corrected chi connectivity index (χ4v) is 3.89. The highest BCUT2D eigenvalue weighted by Gasteiger charge is 2.16. The van der Waals surface area contributed by atoms with E-state index in [2.05, 4.69) is 15.5 Å². The van der Waals surface area contributed by atoms with Gasteiger partial charge in [-0.05, 0) is 55.5 Å². The predicted molar refractivity (Wildman–Crippen MR) is 132 cm³/mol. The first-order valence-corrected chi connectivity index (χ1v) is 11.8. The molecule has 9 nitrogen and oxygen atoms in total. The molecule has 0 aliphatic rings. The van der Waals surface area contributed by atoms with Crippen LogP contribution in [0.15, 0.2) is 63.5 Å². The first-order chi connectivity index (χ1) is 16.9. The zero-order chi connectivity index (χ0) is 24.8. The number of nitrogens with zero attached hydrogens (tertiary/aromatic N) is 2. The van der Waals surface area contributed by atoms with E-state index in [-0.39, 0.29) is 23.3 Å². The fraction of sp³-hybridized carbons (Fsp3) is 0.200. The van der Waals surface area contributed by atoms with Crippen LogP contribution >= 0.6 is 11.8 Å². The Labute approximate surface area is 205 Å². The number of amides is 1. The maximum atomic E-state index is 12.2. The number of nitrogens with one attached hydrogen (secondary N) is 1. The van der Waals surface area contributed by atoms with Gasteiger partial charge in [0.05, 0.1) is 25.7 Å². The number of aromatic nitrogens is 2. The molecule has 2 aromatic carbocycles. The fourth-order valence-electron chi connectivity index (χ4n) is 3.18. The van der Waals surface area contributed by atoms with Crippen molar-refractivity contribution in [2.75, 3.05) is 25.3 Å². The van der Waals surface area contributed by atoms with Gasteiger partial charge in [0, 0.05) is 22.9 Å². The number of carbonyl (C=O) groups is 2. The molecule has 1 amide bonds. The van der Waals surface area contributed by atoms with Crippen molar-refractivity contribution in [3.63, 3.8) is 0 Å². The number of anilines is 1. The maximum absolute atomic E-state index is 12.2. The van der Waals surface area contributed by atoms with Crippen LogP contribution in [0.4, 0.5) is 5.69 Å². The smallest absolute Gasteiger partial charge is 0.293 e. The zero-order valence-corrected chi connectivity index (χ0v) is 20.2. The van der Waals surface area contributed by atoms with Gasteiger partial charge in [-0.1, -0.05) is 5.16 Å². The molecule has 1 N–H and O–H groups in total. The van der Waals surface area contributed by atoms with Gasteiger partial charge in [-0.15, -0.1) is 11.8 Å². The van der Waals surface area contributed by atoms with Gasteiger partial charge in [0.1, 0.15) is 17.3 Å². The normalized spacial score (nSPS) is 10.7. The molecule has 10 heteroatoms. The molecule has 0 saturated carbocycles. The number of carbonyl (C=O) groups excluding carboxylic acids is 2. The number of thioether (sulfide) groups is 1. The zero-order valence-electron chi connectivity index (χ0n) is 19.4. The van der Waals surface area contributed by atoms with Crippen LogP contribution in [-0.2, 0) is 10.5 Å². The van der Waals surface area contributed by atoms with Crippen LogP contribution in [0, 0.1) is 0 Å². The number of ketones is 1. The lowest BCUT2D eigenvalue weighted by molar-refractivity contribution is -0.113. The molecule has 4 aromatic rings. The Morgan fingerprint density at radius 1 is 1.00 bits per heavy atom. The topological polar surface area (TPSA) is 117 Å². The molecule has 0 atom stereocenters. The Balaban J connectivity index is 1.32. The Morgan fingerprint density at radius 2 is 1.71 bits per heavy atom. The van der Waals surface area contributed by atoms with Gasteiger partial charge in [-0.25, -0.2) is 0 Å². The summed E-state index contributed by atoms with van der Waals surface area (Å²) in [7, 11) is 3.14. The number of ether oxygens (including phenoxy) is 2. The van der Waals surface area contributed by atoms with Crippen molar-refractivity contribution in [1.82, 2.24) is 10.1 Å². The van der Waals surface area contributed by atoms with Crippen LogP contribution in [0.1, 0.15) is 23.0 Å². The average molecular weight is 494 g/mol. The number of hydrogen-bond donors (Lipinski definition) is 1. The van der Waals surface area contributed by atoms with Gasteiger partial charge in [0.2, 0.25) is 11.7 Å². The van der Waals surface area contributed by atoms with Gasteiger partial charge >= 0.3 is 0 Å². The SMILES string of the molecule is COc1cc(OC)cc(-c2noc(-c3ccc(CSCC(=O)Nc4ccc(C(C)=O)cc4)o3)n2)c1. The molecule has 2 heterocycles. The summed E-state index contributed by atoms with van der Waals surface area (Å²) < 4.78 is 21.8. The van der Waals surface area contributed by atoms with E-state index in [1.807, 2.05) is 0 Å². The summed E-state index contributed by atoms with van der Waals surface area (Å²) in [5.41, 5.74) is 1.92. The van der Waals surface area contributed by atoms with Crippen molar-refractivity contribution in [3.8, 4) is 34.5 Å². The lowest BCUT2D eigenvalue weighted by atomic mass is 10.1. The highest BCUT2D eigenvalue weighted by atomic mass is 32.2. The second-order valence-corrected chi connectivity index (χ2v) is 8.45. The summed E-state index contributed by atoms with van der Waals surface area (Å²) in [4.78, 5) is 27.9. The van der Waals surface area contributed by atoms with E-state index in [1.54, 1.807) is 68.8 Å². The molecule has 35 heavy (non-hydrogen) atoms. The number of benzene rings is 2. The average Bonchev–Trinajstić information content (AvgIpc) is 3.54. The molecule has 180 valence electrons. The van der Waals surface area contributed by atoms with Crippen molar-refractivity contribution in [3.05, 3.63) is 65.9 Å². The summed E-state index contributed by atoms with van der Waals surface area (Å²) in [5.74, 6) is 3.51. The molecule has 2 aromatic heterocycles. The molecule has 0 bridgehead atoms. The van der Waals surface area contributed by atoms with E-state index in [0.29, 0.717) is 51.4 Å². The van der Waals surface area contributed by atoms with Gasteiger partial charge in [0.15, 0.2) is 11.5 Å². The van der Waals surface area contributed by atoms with Crippen LogP contribution in [0.5, 0.6) is 11.5 Å². The minimum absolute atomic E-state index is 0.0199. The number of methoxy groups -OCH3 is 2. The molecule has 4 rings (SSSR count). The van der Waals surface area contributed by atoms with Gasteiger partial charge < -0.3 is 23.7 Å². The summed E-state index contributed by atoms with van der Waals surface area (Å²) in [6.07, 6.45) is 0. The third-order valence-electron chi connectivity index (χ3n) is 4.96. The number of rotatable bonds is 10. The Kier molecular flexibility index (Phi) is 7.51. The quantitative estimate of drug-likeness (QED) is 0.302. The summed E-state index contributed by atoms with van der Waals surface area (Å²) in [6.45, 7) is 1.50. The van der Waals surface area contributed by atoms with Crippen LogP contribution in [0.3, 0.4) is 0 Å². The maximum Gasteiger partial charge on any atom is 0.293 e. The van der Waals surface area contributed by atoms with Gasteiger partial charge in [0.25, 0.3) is 5.89 Å². The first kappa shape index (κ1) is 24.1. The molecular formula is C25H23N3O6S. The molecule has 0 fully saturated rings. The minimum Gasteiger partial charge on any atom is -0.497 e. The highest BCUT2D eigenvalue weighted by Crippen LogP contribution is 2.30. The third kappa shape index (κ3) is 6.10. The standard InChI is InChI=1S/C25H23N3O6S/c1-15(29)16-4-6-18(7-5-16)26-23(30)14-35-13-19-8-9-22(33-19)25-27-24(28-34-25)17-10-20(31-2)12-21(11-17)32-3/h4-12H,13-14H2,1-3H3,(H,26,30). The van der Waals surface area contributed by atoms with Crippen LogP contribution in [-0.4, -0.2) is 41.8 Å². The van der Waals surface area contributed by atoms with E-state index in [9.17, 15) is 9.59 Å². The summed E-state index contributed by atoms with van der Waals surface area (Å²) in [6, 6.07) is 15.7. The number of furan rings is 1. The van der Waals surface area contributed by atoms with Crippen LogP contribution < -0.4 is 14.8 Å². The van der Waals surface area contributed by atoms with Crippen molar-refractivity contribution >= 4 is 29.1 Å². The minimum atomic E-state index is -0.146. The predicted octanol–water partition coefficient (Wildman–Crippen LogP) is 5.09. The molecule has 0 unspecified atom stereocenters. The van der Waals surface area contributed by atoms with E-state index in [4.69, 9.17) is 18.4 Å². The van der Waals surface area contributed by atoms with Gasteiger partial charge in [-0.2, -0.15) is 4.98 Å². The third-order valence-corrected chi connectivity index (χ3v) is 5.92. The van der Waals surface area contributed by atoms with Crippen molar-refractivity contribution < 1.29 is 28.0 Å². The molecule has 0 aliphatic heterocycles. The highest BCUT2D eigenvalue weighted by molar-refractivity contribution is 7.99. The summed E-state index contributed by atoms with van der Waals surface area (Å²) in [5, 5.41) is 6.84. The molecule has 0 radical (unpaired) electrons. The Bertz CT molecular complexity index is 1310. The lowest BCUT2D eigenvalue weighted by Crippen LogP contribution is -2.14. The van der Waals surface area contributed by atoms with Crippen LogP contribution in [0.2, 0.25) is 0 Å². The Hall–Kier alpha value is -4.05. The monoisotopic (exact) mass is 493 g/mol. The van der Waals surface area contributed by atoms with E-state index in [0.717, 1.165) is 0 Å². The summed E-state index contributed by atoms with van der Waals surface area (Å²) >= 11 is 1.41.